The molecule has 34 heavy (non-hydrogen) atoms. The highest BCUT2D eigenvalue weighted by Gasteiger charge is 2.14. The van der Waals surface area contributed by atoms with E-state index < -0.39 is 16.0 Å². The second-order valence-corrected chi connectivity index (χ2v) is 8.11. The molecular formula is C23H28N2O8S. The molecule has 2 N–H and O–H groups in total. The topological polar surface area (TPSA) is 121 Å². The summed E-state index contributed by atoms with van der Waals surface area (Å²) in [5.74, 6) is 1.20. The van der Waals surface area contributed by atoms with Gasteiger partial charge in [0.2, 0.25) is 0 Å². The summed E-state index contributed by atoms with van der Waals surface area (Å²) < 4.78 is 53.8. The zero-order valence-electron chi connectivity index (χ0n) is 19.6. The van der Waals surface area contributed by atoms with Gasteiger partial charge in [0, 0.05) is 24.4 Å². The number of rotatable bonds is 12. The number of esters is 1. The van der Waals surface area contributed by atoms with Gasteiger partial charge in [-0.25, -0.2) is 13.2 Å². The van der Waals surface area contributed by atoms with Gasteiger partial charge in [-0.2, -0.15) is 0 Å². The quantitative estimate of drug-likeness (QED) is 0.338. The zero-order chi connectivity index (χ0) is 25.1. The molecule has 0 aromatic heterocycles. The number of methoxy groups -OCH3 is 4. The van der Waals surface area contributed by atoms with Crippen molar-refractivity contribution in [3.8, 4) is 23.0 Å². The van der Waals surface area contributed by atoms with Gasteiger partial charge >= 0.3 is 5.97 Å². The van der Waals surface area contributed by atoms with Crippen molar-refractivity contribution in [1.82, 2.24) is 0 Å². The molecule has 0 fully saturated rings. The van der Waals surface area contributed by atoms with Crippen molar-refractivity contribution >= 4 is 33.4 Å². The molecule has 0 spiro atoms. The predicted octanol–water partition coefficient (Wildman–Crippen LogP) is 3.62. The second-order valence-electron chi connectivity index (χ2n) is 6.54. The molecule has 10 nitrogen and oxygen atoms in total. The number of sulfonamides is 1. The molecule has 0 aliphatic rings. The van der Waals surface area contributed by atoms with E-state index in [0.717, 1.165) is 5.41 Å². The van der Waals surface area contributed by atoms with Crippen LogP contribution in [-0.4, -0.2) is 49.4 Å². The van der Waals surface area contributed by atoms with Gasteiger partial charge in [0.25, 0.3) is 10.0 Å². The van der Waals surface area contributed by atoms with Crippen LogP contribution in [0, 0.1) is 0 Å². The summed E-state index contributed by atoms with van der Waals surface area (Å²) in [5, 5.41) is 3.87. The van der Waals surface area contributed by atoms with Crippen LogP contribution < -0.4 is 29.0 Å². The number of hydrogen-bond donors (Lipinski definition) is 2. The Balaban J connectivity index is 2.26. The Kier molecular flexibility index (Phi) is 9.62. The van der Waals surface area contributed by atoms with E-state index in [-0.39, 0.29) is 12.3 Å². The van der Waals surface area contributed by atoms with Crippen molar-refractivity contribution < 1.29 is 36.9 Å². The van der Waals surface area contributed by atoms with E-state index in [1.165, 1.54) is 52.9 Å². The molecule has 0 unspecified atom stereocenters. The Bertz CT molecular complexity index is 1130. The number of carbonyl (C=O) groups excluding carboxylic acids is 1. The molecule has 2 aromatic carbocycles. The lowest BCUT2D eigenvalue weighted by atomic mass is 10.1. The first-order valence-corrected chi connectivity index (χ1v) is 11.6. The summed E-state index contributed by atoms with van der Waals surface area (Å²) in [6.45, 7) is 1.96. The highest BCUT2D eigenvalue weighted by Crippen LogP contribution is 2.35. The molecule has 0 saturated carbocycles. The lowest BCUT2D eigenvalue weighted by Gasteiger charge is -2.13. The van der Waals surface area contributed by atoms with Crippen LogP contribution in [0.4, 0.5) is 11.4 Å². The summed E-state index contributed by atoms with van der Waals surface area (Å²) in [4.78, 5) is 11.5. The first-order valence-electron chi connectivity index (χ1n) is 10.1. The van der Waals surface area contributed by atoms with Crippen molar-refractivity contribution in [3.63, 3.8) is 0 Å². The lowest BCUT2D eigenvalue weighted by Crippen LogP contribution is -2.09. The van der Waals surface area contributed by atoms with Gasteiger partial charge in [0.1, 0.15) is 23.0 Å². The molecule has 0 amide bonds. The maximum Gasteiger partial charge on any atom is 0.332 e. The molecule has 0 atom stereocenters. The summed E-state index contributed by atoms with van der Waals surface area (Å²) in [7, 11) is 1.98. The van der Waals surface area contributed by atoms with Gasteiger partial charge in [-0.15, -0.1) is 0 Å². The molecule has 0 heterocycles. The molecule has 2 aromatic rings. The molecule has 0 radical (unpaired) electrons. The Morgan fingerprint density at radius 1 is 0.941 bits per heavy atom. The fourth-order valence-electron chi connectivity index (χ4n) is 2.83. The standard InChI is InChI=1S/C23H28N2O8S/c1-6-33-23(26)9-11-24-19-13-16(7-8-20(19)30-3)25-34(27,28)12-10-18-21(31-4)14-17(29-2)15-22(18)32-5/h7-15,24-25H,6H2,1-5H3/b11-9-,12-10+. The third-order valence-electron chi connectivity index (χ3n) is 4.37. The Morgan fingerprint density at radius 3 is 2.15 bits per heavy atom. The van der Waals surface area contributed by atoms with Crippen LogP contribution in [0.15, 0.2) is 48.0 Å². The fourth-order valence-corrected chi connectivity index (χ4v) is 3.67. The van der Waals surface area contributed by atoms with Crippen LogP contribution in [-0.2, 0) is 19.6 Å². The van der Waals surface area contributed by atoms with Crippen molar-refractivity contribution in [3.05, 3.63) is 53.6 Å². The van der Waals surface area contributed by atoms with Crippen molar-refractivity contribution in [2.75, 3.05) is 45.1 Å². The largest absolute Gasteiger partial charge is 0.496 e. The molecule has 0 aliphatic heterocycles. The Hall–Kier alpha value is -3.86. The van der Waals surface area contributed by atoms with Crippen molar-refractivity contribution in [1.29, 1.82) is 0 Å². The summed E-state index contributed by atoms with van der Waals surface area (Å²) >= 11 is 0. The highest BCUT2D eigenvalue weighted by atomic mass is 32.2. The second kappa shape index (κ2) is 12.4. The van der Waals surface area contributed by atoms with Gasteiger partial charge in [0.15, 0.2) is 0 Å². The third kappa shape index (κ3) is 7.34. The first kappa shape index (κ1) is 26.4. The number of carbonyl (C=O) groups is 1. The van der Waals surface area contributed by atoms with E-state index in [0.29, 0.717) is 34.2 Å². The average Bonchev–Trinajstić information content (AvgIpc) is 2.82. The molecule has 0 bridgehead atoms. The molecular weight excluding hydrogens is 464 g/mol. The van der Waals surface area contributed by atoms with E-state index in [1.54, 1.807) is 31.2 Å². The third-order valence-corrected chi connectivity index (χ3v) is 5.39. The molecule has 0 aliphatic carbocycles. The van der Waals surface area contributed by atoms with E-state index in [9.17, 15) is 13.2 Å². The Morgan fingerprint density at radius 2 is 1.59 bits per heavy atom. The minimum atomic E-state index is -3.91. The Labute approximate surface area is 199 Å². The zero-order valence-corrected chi connectivity index (χ0v) is 20.4. The predicted molar refractivity (Wildman–Crippen MR) is 130 cm³/mol. The van der Waals surface area contributed by atoms with Crippen molar-refractivity contribution in [2.45, 2.75) is 6.92 Å². The van der Waals surface area contributed by atoms with Gasteiger partial charge in [0.05, 0.1) is 57.4 Å². The van der Waals surface area contributed by atoms with Crippen LogP contribution >= 0.6 is 0 Å². The molecule has 0 saturated heterocycles. The molecule has 11 heteroatoms. The first-order chi connectivity index (χ1) is 16.3. The van der Waals surface area contributed by atoms with Gasteiger partial charge < -0.3 is 29.0 Å². The van der Waals surface area contributed by atoms with Gasteiger partial charge in [-0.1, -0.05) is 0 Å². The number of ether oxygens (including phenoxy) is 5. The maximum atomic E-state index is 12.7. The monoisotopic (exact) mass is 492 g/mol. The number of hydrogen-bond acceptors (Lipinski definition) is 9. The minimum absolute atomic E-state index is 0.256. The van der Waals surface area contributed by atoms with Gasteiger partial charge in [-0.05, 0) is 31.2 Å². The lowest BCUT2D eigenvalue weighted by molar-refractivity contribution is -0.137. The SMILES string of the molecule is CCOC(=O)/C=C\Nc1cc(NS(=O)(=O)/C=C/c2c(OC)cc(OC)cc2OC)ccc1OC. The number of benzene rings is 2. The fraction of sp³-hybridized carbons (Fsp3) is 0.261. The normalized spacial score (nSPS) is 11.3. The summed E-state index contributed by atoms with van der Waals surface area (Å²) in [6, 6.07) is 7.88. The maximum absolute atomic E-state index is 12.7. The number of nitrogens with one attached hydrogen (secondary N) is 2. The van der Waals surface area contributed by atoms with Crippen LogP contribution in [0.25, 0.3) is 6.08 Å². The summed E-state index contributed by atoms with van der Waals surface area (Å²) in [6.07, 6.45) is 3.94. The van der Waals surface area contributed by atoms with E-state index in [1.807, 2.05) is 0 Å². The van der Waals surface area contributed by atoms with Crippen LogP contribution in [0.3, 0.4) is 0 Å². The van der Waals surface area contributed by atoms with E-state index in [2.05, 4.69) is 10.0 Å². The van der Waals surface area contributed by atoms with Crippen LogP contribution in [0.2, 0.25) is 0 Å². The van der Waals surface area contributed by atoms with Crippen LogP contribution in [0.1, 0.15) is 12.5 Å². The van der Waals surface area contributed by atoms with E-state index in [4.69, 9.17) is 23.7 Å². The van der Waals surface area contributed by atoms with Crippen molar-refractivity contribution in [2.24, 2.45) is 0 Å². The smallest absolute Gasteiger partial charge is 0.332 e. The number of anilines is 2. The van der Waals surface area contributed by atoms with E-state index >= 15 is 0 Å². The highest BCUT2D eigenvalue weighted by molar-refractivity contribution is 7.95. The summed E-state index contributed by atoms with van der Waals surface area (Å²) in [5.41, 5.74) is 1.13. The molecule has 184 valence electrons. The van der Waals surface area contributed by atoms with Crippen LogP contribution in [0.5, 0.6) is 23.0 Å². The van der Waals surface area contributed by atoms with Gasteiger partial charge in [-0.3, -0.25) is 4.72 Å². The molecule has 2 rings (SSSR count). The average molecular weight is 493 g/mol. The minimum Gasteiger partial charge on any atom is -0.496 e.